The molecule has 8 nitrogen and oxygen atoms in total. The van der Waals surface area contributed by atoms with Crippen LogP contribution in [0.4, 0.5) is 0 Å². The molecule has 0 atom stereocenters. The first kappa shape index (κ1) is 35.5. The SMILES string of the molecule is CCCCCCCCCCCCOCCOCCOCCOCCOCCOCCOc1ccc(C=O)cc1. The summed E-state index contributed by atoms with van der Waals surface area (Å²) in [7, 11) is 0. The Kier molecular flexibility index (Phi) is 26.8. The first-order valence-corrected chi connectivity index (χ1v) is 15.0. The Bertz CT molecular complexity index is 626. The van der Waals surface area contributed by atoms with Crippen molar-refractivity contribution in [3.05, 3.63) is 29.8 Å². The molecule has 0 bridgehead atoms. The molecule has 0 aliphatic carbocycles. The molecular formula is C31H54O8. The molecule has 1 aromatic rings. The number of carbonyl (C=O) groups is 1. The second kappa shape index (κ2) is 29.4. The van der Waals surface area contributed by atoms with Crippen molar-refractivity contribution >= 4 is 6.29 Å². The summed E-state index contributed by atoms with van der Waals surface area (Å²) in [6.45, 7) is 9.54. The van der Waals surface area contributed by atoms with Gasteiger partial charge in [0.2, 0.25) is 0 Å². The lowest BCUT2D eigenvalue weighted by atomic mass is 10.1. The molecule has 0 aromatic heterocycles. The van der Waals surface area contributed by atoms with E-state index in [1.54, 1.807) is 24.3 Å². The highest BCUT2D eigenvalue weighted by molar-refractivity contribution is 5.74. The second-order valence-corrected chi connectivity index (χ2v) is 9.39. The number of aldehydes is 1. The van der Waals surface area contributed by atoms with Gasteiger partial charge >= 0.3 is 0 Å². The van der Waals surface area contributed by atoms with Gasteiger partial charge in [-0.1, -0.05) is 64.7 Å². The fourth-order valence-corrected chi connectivity index (χ4v) is 3.75. The van der Waals surface area contributed by atoms with Crippen LogP contribution in [0.25, 0.3) is 0 Å². The molecule has 1 rings (SSSR count). The van der Waals surface area contributed by atoms with Gasteiger partial charge in [-0.3, -0.25) is 4.79 Å². The third kappa shape index (κ3) is 25.2. The monoisotopic (exact) mass is 554 g/mol. The van der Waals surface area contributed by atoms with Crippen LogP contribution in [0.5, 0.6) is 5.75 Å². The van der Waals surface area contributed by atoms with Crippen molar-refractivity contribution in [3.63, 3.8) is 0 Å². The maximum absolute atomic E-state index is 10.6. The van der Waals surface area contributed by atoms with E-state index in [9.17, 15) is 4.79 Å². The Morgan fingerprint density at radius 2 is 0.821 bits per heavy atom. The largest absolute Gasteiger partial charge is 0.491 e. The number of rotatable bonds is 31. The van der Waals surface area contributed by atoms with E-state index in [1.807, 2.05) is 0 Å². The quantitative estimate of drug-likeness (QED) is 0.0829. The normalized spacial score (nSPS) is 11.2. The van der Waals surface area contributed by atoms with Crippen molar-refractivity contribution in [1.29, 1.82) is 0 Å². The molecule has 39 heavy (non-hydrogen) atoms. The van der Waals surface area contributed by atoms with E-state index in [4.69, 9.17) is 33.2 Å². The van der Waals surface area contributed by atoms with Gasteiger partial charge in [0, 0.05) is 12.2 Å². The first-order chi connectivity index (χ1) is 19.4. The molecule has 0 spiro atoms. The predicted molar refractivity (Wildman–Crippen MR) is 154 cm³/mol. The summed E-state index contributed by atoms with van der Waals surface area (Å²) < 4.78 is 38.6. The summed E-state index contributed by atoms with van der Waals surface area (Å²) in [5.41, 5.74) is 0.628. The summed E-state index contributed by atoms with van der Waals surface area (Å²) in [5.74, 6) is 0.716. The summed E-state index contributed by atoms with van der Waals surface area (Å²) in [5, 5.41) is 0. The first-order valence-electron chi connectivity index (χ1n) is 15.0. The van der Waals surface area contributed by atoms with E-state index >= 15 is 0 Å². The van der Waals surface area contributed by atoms with Crippen LogP contribution in [-0.4, -0.2) is 92.2 Å². The Hall–Kier alpha value is -1.55. The molecule has 0 amide bonds. The zero-order chi connectivity index (χ0) is 27.9. The van der Waals surface area contributed by atoms with Crippen molar-refractivity contribution in [2.24, 2.45) is 0 Å². The van der Waals surface area contributed by atoms with E-state index in [0.29, 0.717) is 90.6 Å². The second-order valence-electron chi connectivity index (χ2n) is 9.39. The molecule has 226 valence electrons. The molecule has 0 saturated heterocycles. The summed E-state index contributed by atoms with van der Waals surface area (Å²) >= 11 is 0. The average Bonchev–Trinajstić information content (AvgIpc) is 2.96. The Morgan fingerprint density at radius 3 is 1.23 bits per heavy atom. The highest BCUT2D eigenvalue weighted by Gasteiger charge is 1.97. The minimum atomic E-state index is 0.446. The van der Waals surface area contributed by atoms with E-state index < -0.39 is 0 Å². The zero-order valence-corrected chi connectivity index (χ0v) is 24.4. The molecule has 0 radical (unpaired) electrons. The van der Waals surface area contributed by atoms with Crippen molar-refractivity contribution < 1.29 is 38.0 Å². The van der Waals surface area contributed by atoms with Gasteiger partial charge in [-0.15, -0.1) is 0 Å². The van der Waals surface area contributed by atoms with E-state index in [1.165, 1.54) is 57.8 Å². The minimum Gasteiger partial charge on any atom is -0.491 e. The van der Waals surface area contributed by atoms with Crippen molar-refractivity contribution in [3.8, 4) is 5.75 Å². The van der Waals surface area contributed by atoms with Crippen LogP contribution in [-0.2, 0) is 28.4 Å². The van der Waals surface area contributed by atoms with Crippen LogP contribution in [0.3, 0.4) is 0 Å². The van der Waals surface area contributed by atoms with Gasteiger partial charge in [0.05, 0.1) is 72.7 Å². The molecule has 0 fully saturated rings. The van der Waals surface area contributed by atoms with Crippen LogP contribution < -0.4 is 4.74 Å². The number of ether oxygens (including phenoxy) is 7. The van der Waals surface area contributed by atoms with E-state index in [2.05, 4.69) is 6.92 Å². The van der Waals surface area contributed by atoms with Crippen LogP contribution in [0.1, 0.15) is 81.5 Å². The summed E-state index contributed by atoms with van der Waals surface area (Å²) in [4.78, 5) is 10.6. The molecule has 0 unspecified atom stereocenters. The third-order valence-corrected chi connectivity index (χ3v) is 6.01. The highest BCUT2D eigenvalue weighted by Crippen LogP contribution is 2.11. The van der Waals surface area contributed by atoms with Gasteiger partial charge in [-0.05, 0) is 30.7 Å². The molecule has 8 heteroatoms. The van der Waals surface area contributed by atoms with E-state index in [0.717, 1.165) is 19.3 Å². The van der Waals surface area contributed by atoms with Gasteiger partial charge in [0.15, 0.2) is 0 Å². The van der Waals surface area contributed by atoms with Crippen LogP contribution in [0, 0.1) is 0 Å². The standard InChI is InChI=1S/C31H54O8/c1-2-3-4-5-6-7-8-9-10-11-16-33-17-18-34-19-20-35-21-22-36-23-24-37-25-26-38-27-28-39-31-14-12-30(29-32)13-15-31/h12-15,29H,2-11,16-28H2,1H3. The minimum absolute atomic E-state index is 0.446. The average molecular weight is 555 g/mol. The Balaban J connectivity index is 1.66. The molecule has 0 aliphatic heterocycles. The number of hydrogen-bond acceptors (Lipinski definition) is 8. The molecule has 1 aromatic carbocycles. The smallest absolute Gasteiger partial charge is 0.150 e. The molecule has 0 aliphatic rings. The summed E-state index contributed by atoms with van der Waals surface area (Å²) in [6, 6.07) is 6.97. The van der Waals surface area contributed by atoms with E-state index in [-0.39, 0.29) is 0 Å². The maximum atomic E-state index is 10.6. The summed E-state index contributed by atoms with van der Waals surface area (Å²) in [6.07, 6.45) is 14.2. The van der Waals surface area contributed by atoms with Crippen molar-refractivity contribution in [2.75, 3.05) is 85.9 Å². The highest BCUT2D eigenvalue weighted by atomic mass is 16.6. The van der Waals surface area contributed by atoms with Gasteiger partial charge in [0.25, 0.3) is 0 Å². The van der Waals surface area contributed by atoms with Gasteiger partial charge < -0.3 is 33.2 Å². The number of unbranched alkanes of at least 4 members (excludes halogenated alkanes) is 9. The number of benzene rings is 1. The van der Waals surface area contributed by atoms with Crippen molar-refractivity contribution in [2.45, 2.75) is 71.1 Å². The lowest BCUT2D eigenvalue weighted by Crippen LogP contribution is -2.14. The predicted octanol–water partition coefficient (Wildman–Crippen LogP) is 5.90. The Labute approximate surface area is 237 Å². The number of hydrogen-bond donors (Lipinski definition) is 0. The maximum Gasteiger partial charge on any atom is 0.150 e. The van der Waals surface area contributed by atoms with Crippen LogP contribution >= 0.6 is 0 Å². The van der Waals surface area contributed by atoms with Crippen molar-refractivity contribution in [1.82, 2.24) is 0 Å². The molecule has 0 saturated carbocycles. The molecular weight excluding hydrogens is 500 g/mol. The van der Waals surface area contributed by atoms with Gasteiger partial charge in [0.1, 0.15) is 18.6 Å². The lowest BCUT2D eigenvalue weighted by Gasteiger charge is -2.09. The molecule has 0 heterocycles. The fraction of sp³-hybridized carbons (Fsp3) is 0.774. The topological polar surface area (TPSA) is 81.7 Å². The lowest BCUT2D eigenvalue weighted by molar-refractivity contribution is -0.0179. The van der Waals surface area contributed by atoms with Gasteiger partial charge in [-0.2, -0.15) is 0 Å². The molecule has 0 N–H and O–H groups in total. The third-order valence-electron chi connectivity index (χ3n) is 6.01. The van der Waals surface area contributed by atoms with Crippen LogP contribution in [0.15, 0.2) is 24.3 Å². The zero-order valence-electron chi connectivity index (χ0n) is 24.4. The van der Waals surface area contributed by atoms with Gasteiger partial charge in [-0.25, -0.2) is 0 Å². The number of carbonyl (C=O) groups excluding carboxylic acids is 1. The Morgan fingerprint density at radius 1 is 0.462 bits per heavy atom. The fourth-order valence-electron chi connectivity index (χ4n) is 3.75. The van der Waals surface area contributed by atoms with Crippen LogP contribution in [0.2, 0.25) is 0 Å².